The highest BCUT2D eigenvalue weighted by Crippen LogP contribution is 2.38. The molecule has 0 bridgehead atoms. The van der Waals surface area contributed by atoms with E-state index in [4.69, 9.17) is 19.2 Å². The Labute approximate surface area is 213 Å². The predicted molar refractivity (Wildman–Crippen MR) is 139 cm³/mol. The summed E-state index contributed by atoms with van der Waals surface area (Å²) in [6, 6.07) is 4.03. The first-order chi connectivity index (χ1) is 15.5. The van der Waals surface area contributed by atoms with Crippen LogP contribution in [0.15, 0.2) is 17.1 Å². The number of methoxy groups -OCH3 is 3. The lowest BCUT2D eigenvalue weighted by Gasteiger charge is -2.36. The van der Waals surface area contributed by atoms with Gasteiger partial charge in [-0.15, -0.1) is 34.2 Å². The number of nitrogens with zero attached hydrogens (tertiary/aromatic N) is 6. The van der Waals surface area contributed by atoms with Gasteiger partial charge in [0, 0.05) is 46.3 Å². The highest BCUT2D eigenvalue weighted by Gasteiger charge is 2.21. The van der Waals surface area contributed by atoms with Gasteiger partial charge in [0.2, 0.25) is 5.75 Å². The molecule has 184 valence electrons. The van der Waals surface area contributed by atoms with Crippen molar-refractivity contribution in [3.05, 3.63) is 29.3 Å². The maximum absolute atomic E-state index is 5.49. The fraction of sp³-hybridized carbons (Fsp3) is 0.591. The van der Waals surface area contributed by atoms with Crippen molar-refractivity contribution in [3.63, 3.8) is 0 Å². The molecule has 0 saturated carbocycles. The molecule has 0 radical (unpaired) electrons. The molecule has 2 aromatic rings. The molecule has 2 heterocycles. The normalized spacial score (nSPS) is 14.6. The Bertz CT molecular complexity index is 902. The van der Waals surface area contributed by atoms with E-state index >= 15 is 0 Å². The minimum absolute atomic E-state index is 0. The molecule has 1 aromatic heterocycles. The number of hydrogen-bond acceptors (Lipinski definition) is 7. The molecule has 1 fully saturated rings. The molecule has 10 nitrogen and oxygen atoms in total. The summed E-state index contributed by atoms with van der Waals surface area (Å²) in [5, 5.41) is 11.7. The van der Waals surface area contributed by atoms with Gasteiger partial charge in [-0.2, -0.15) is 0 Å². The van der Waals surface area contributed by atoms with E-state index in [1.165, 1.54) is 0 Å². The Hall–Kier alpha value is -2.28. The second-order valence-corrected chi connectivity index (χ2v) is 7.69. The summed E-state index contributed by atoms with van der Waals surface area (Å²) < 4.78 is 18.4. The number of halogens is 1. The second-order valence-electron chi connectivity index (χ2n) is 7.69. The number of piperazine rings is 1. The SMILES string of the molecule is CCNC(=NCc1nnc(C)n1C)N1CCN(Cc2cc(OC)c(OC)c(OC)c2)CC1.I. The zero-order valence-corrected chi connectivity index (χ0v) is 22.8. The first-order valence-corrected chi connectivity index (χ1v) is 10.9. The number of aromatic nitrogens is 3. The Morgan fingerprint density at radius 2 is 1.67 bits per heavy atom. The standard InChI is InChI=1S/C22H35N7O3.HI/c1-7-23-22(24-14-20-26-25-16(2)27(20)3)29-10-8-28(9-11-29)15-17-12-18(30-4)21(32-6)19(13-17)31-5;/h12-13H,7-11,14-15H2,1-6H3,(H,23,24);1H. The molecule has 1 saturated heterocycles. The van der Waals surface area contributed by atoms with Gasteiger partial charge in [0.05, 0.1) is 21.3 Å². The second kappa shape index (κ2) is 12.8. The number of rotatable bonds is 8. The zero-order valence-electron chi connectivity index (χ0n) is 20.4. The van der Waals surface area contributed by atoms with Crippen LogP contribution in [0.5, 0.6) is 17.2 Å². The first kappa shape index (κ1) is 27.0. The molecule has 0 unspecified atom stereocenters. The van der Waals surface area contributed by atoms with Crippen molar-refractivity contribution in [2.45, 2.75) is 26.9 Å². The van der Waals surface area contributed by atoms with Gasteiger partial charge in [-0.25, -0.2) is 4.99 Å². The highest BCUT2D eigenvalue weighted by atomic mass is 127. The van der Waals surface area contributed by atoms with Crippen molar-refractivity contribution in [1.29, 1.82) is 0 Å². The van der Waals surface area contributed by atoms with Crippen molar-refractivity contribution in [2.75, 3.05) is 54.1 Å². The first-order valence-electron chi connectivity index (χ1n) is 10.9. The number of nitrogens with one attached hydrogen (secondary N) is 1. The maximum atomic E-state index is 5.49. The third-order valence-electron chi connectivity index (χ3n) is 5.69. The van der Waals surface area contributed by atoms with Crippen LogP contribution in [0.2, 0.25) is 0 Å². The summed E-state index contributed by atoms with van der Waals surface area (Å²) in [6.07, 6.45) is 0. The fourth-order valence-electron chi connectivity index (χ4n) is 3.76. The van der Waals surface area contributed by atoms with E-state index in [1.54, 1.807) is 21.3 Å². The Morgan fingerprint density at radius 3 is 2.15 bits per heavy atom. The lowest BCUT2D eigenvalue weighted by atomic mass is 10.1. The minimum atomic E-state index is 0. The maximum Gasteiger partial charge on any atom is 0.203 e. The van der Waals surface area contributed by atoms with Crippen molar-refractivity contribution < 1.29 is 14.2 Å². The number of benzene rings is 1. The monoisotopic (exact) mass is 573 g/mol. The summed E-state index contributed by atoms with van der Waals surface area (Å²) in [5.74, 6) is 4.65. The van der Waals surface area contributed by atoms with Crippen LogP contribution in [0.4, 0.5) is 0 Å². The van der Waals surface area contributed by atoms with Crippen LogP contribution in [-0.2, 0) is 20.1 Å². The van der Waals surface area contributed by atoms with Gasteiger partial charge < -0.3 is 29.0 Å². The molecule has 1 aromatic carbocycles. The van der Waals surface area contributed by atoms with Crippen LogP contribution in [0.25, 0.3) is 0 Å². The number of guanidine groups is 1. The van der Waals surface area contributed by atoms with E-state index in [-0.39, 0.29) is 24.0 Å². The van der Waals surface area contributed by atoms with Crippen molar-refractivity contribution in [2.24, 2.45) is 12.0 Å². The molecule has 11 heteroatoms. The van der Waals surface area contributed by atoms with Gasteiger partial charge in [0.25, 0.3) is 0 Å². The third-order valence-corrected chi connectivity index (χ3v) is 5.69. The number of ether oxygens (including phenoxy) is 3. The minimum Gasteiger partial charge on any atom is -0.493 e. The molecule has 33 heavy (non-hydrogen) atoms. The average molecular weight is 573 g/mol. The topological polar surface area (TPSA) is 89.3 Å². The Balaban J connectivity index is 0.00000385. The summed E-state index contributed by atoms with van der Waals surface area (Å²) in [4.78, 5) is 9.53. The quantitative estimate of drug-likeness (QED) is 0.292. The van der Waals surface area contributed by atoms with Crippen molar-refractivity contribution >= 4 is 29.9 Å². The van der Waals surface area contributed by atoms with Gasteiger partial charge in [-0.05, 0) is 31.5 Å². The third kappa shape index (κ3) is 6.62. The molecule has 1 aliphatic rings. The smallest absolute Gasteiger partial charge is 0.203 e. The largest absolute Gasteiger partial charge is 0.493 e. The average Bonchev–Trinajstić information content (AvgIpc) is 3.13. The van der Waals surface area contributed by atoms with Crippen molar-refractivity contribution in [3.8, 4) is 17.2 Å². The summed E-state index contributed by atoms with van der Waals surface area (Å²) in [5.41, 5.74) is 1.13. The molecule has 3 rings (SSSR count). The van der Waals surface area contributed by atoms with E-state index in [2.05, 4.69) is 32.2 Å². The molecule has 0 spiro atoms. The summed E-state index contributed by atoms with van der Waals surface area (Å²) >= 11 is 0. The van der Waals surface area contributed by atoms with Gasteiger partial charge >= 0.3 is 0 Å². The van der Waals surface area contributed by atoms with Crippen LogP contribution >= 0.6 is 24.0 Å². The zero-order chi connectivity index (χ0) is 23.1. The fourth-order valence-corrected chi connectivity index (χ4v) is 3.76. The molecule has 0 amide bonds. The molecule has 1 aliphatic heterocycles. The molecule has 0 atom stereocenters. The summed E-state index contributed by atoms with van der Waals surface area (Å²) in [7, 11) is 6.87. The number of aliphatic imine (C=N–C) groups is 1. The summed E-state index contributed by atoms with van der Waals surface area (Å²) in [6.45, 7) is 9.84. The van der Waals surface area contributed by atoms with Crippen LogP contribution < -0.4 is 19.5 Å². The van der Waals surface area contributed by atoms with Gasteiger partial charge in [-0.1, -0.05) is 0 Å². The highest BCUT2D eigenvalue weighted by molar-refractivity contribution is 14.0. The van der Waals surface area contributed by atoms with E-state index in [1.807, 2.05) is 30.7 Å². The molecular weight excluding hydrogens is 537 g/mol. The van der Waals surface area contributed by atoms with E-state index in [0.717, 1.165) is 62.4 Å². The van der Waals surface area contributed by atoms with Crippen LogP contribution in [-0.4, -0.2) is 84.6 Å². The number of hydrogen-bond donors (Lipinski definition) is 1. The van der Waals surface area contributed by atoms with Gasteiger partial charge in [0.1, 0.15) is 12.4 Å². The lowest BCUT2D eigenvalue weighted by Crippen LogP contribution is -2.52. The Kier molecular flexibility index (Phi) is 10.5. The predicted octanol–water partition coefficient (Wildman–Crippen LogP) is 2.05. The van der Waals surface area contributed by atoms with Crippen LogP contribution in [0.1, 0.15) is 24.1 Å². The molecule has 1 N–H and O–H groups in total. The molecular formula is C22H36IN7O3. The van der Waals surface area contributed by atoms with E-state index in [0.29, 0.717) is 23.8 Å². The van der Waals surface area contributed by atoms with Crippen molar-refractivity contribution in [1.82, 2.24) is 29.9 Å². The lowest BCUT2D eigenvalue weighted by molar-refractivity contribution is 0.172. The van der Waals surface area contributed by atoms with E-state index < -0.39 is 0 Å². The number of aryl methyl sites for hydroxylation is 1. The molecule has 0 aliphatic carbocycles. The Morgan fingerprint density at radius 1 is 1.03 bits per heavy atom. The van der Waals surface area contributed by atoms with E-state index in [9.17, 15) is 0 Å². The van der Waals surface area contributed by atoms with Crippen LogP contribution in [0.3, 0.4) is 0 Å². The van der Waals surface area contributed by atoms with Gasteiger partial charge in [-0.3, -0.25) is 4.90 Å². The van der Waals surface area contributed by atoms with Crippen LogP contribution in [0, 0.1) is 6.92 Å². The van der Waals surface area contributed by atoms with Gasteiger partial charge in [0.15, 0.2) is 23.3 Å².